The van der Waals surface area contributed by atoms with Gasteiger partial charge in [0.2, 0.25) is 10.0 Å². The molecule has 1 amide bonds. The van der Waals surface area contributed by atoms with Gasteiger partial charge in [0, 0.05) is 6.54 Å². The van der Waals surface area contributed by atoms with Crippen LogP contribution in [-0.2, 0) is 24.3 Å². The molecule has 1 aliphatic rings. The predicted octanol–water partition coefficient (Wildman–Crippen LogP) is 0.457. The van der Waals surface area contributed by atoms with Crippen LogP contribution in [0.25, 0.3) is 0 Å². The minimum atomic E-state index is -3.47. The number of ether oxygens (including phenoxy) is 2. The molecule has 8 nitrogen and oxygen atoms in total. The highest BCUT2D eigenvalue weighted by Crippen LogP contribution is 2.21. The van der Waals surface area contributed by atoms with E-state index in [-0.39, 0.29) is 13.2 Å². The minimum absolute atomic E-state index is 0.267. The standard InChI is InChI=1S/C17H24N2O6S/c1-13-5-3-6-14(11-13)24-10-8-18-16(20)12-25-17(21)15-7-4-9-19(15)26(2,22)23/h3,5-6,11,15H,4,7-10,12H2,1-2H3,(H,18,20). The number of benzene rings is 1. The van der Waals surface area contributed by atoms with E-state index in [4.69, 9.17) is 9.47 Å². The summed E-state index contributed by atoms with van der Waals surface area (Å²) in [4.78, 5) is 23.8. The van der Waals surface area contributed by atoms with Crippen LogP contribution in [-0.4, -0.2) is 63.2 Å². The molecule has 1 N–H and O–H groups in total. The number of rotatable bonds is 8. The zero-order chi connectivity index (χ0) is 19.2. The zero-order valence-corrected chi connectivity index (χ0v) is 15.8. The number of hydrogen-bond donors (Lipinski definition) is 1. The topological polar surface area (TPSA) is 102 Å². The highest BCUT2D eigenvalue weighted by Gasteiger charge is 2.37. The van der Waals surface area contributed by atoms with Crippen molar-refractivity contribution < 1.29 is 27.5 Å². The van der Waals surface area contributed by atoms with Gasteiger partial charge in [0.25, 0.3) is 5.91 Å². The van der Waals surface area contributed by atoms with Crippen LogP contribution in [0, 0.1) is 6.92 Å². The fraction of sp³-hybridized carbons (Fsp3) is 0.529. The summed E-state index contributed by atoms with van der Waals surface area (Å²) in [5.74, 6) is -0.443. The number of carbonyl (C=O) groups is 2. The lowest BCUT2D eigenvalue weighted by atomic mass is 10.2. The quantitative estimate of drug-likeness (QED) is 0.516. The monoisotopic (exact) mass is 384 g/mol. The van der Waals surface area contributed by atoms with Crippen molar-refractivity contribution in [3.05, 3.63) is 29.8 Å². The number of sulfonamides is 1. The number of aryl methyl sites for hydroxylation is 1. The molecule has 1 aliphatic heterocycles. The van der Waals surface area contributed by atoms with Gasteiger partial charge in [0.1, 0.15) is 18.4 Å². The Balaban J connectivity index is 1.67. The molecule has 0 radical (unpaired) electrons. The molecular formula is C17H24N2O6S. The van der Waals surface area contributed by atoms with Crippen LogP contribution in [0.1, 0.15) is 18.4 Å². The van der Waals surface area contributed by atoms with Gasteiger partial charge in [0.15, 0.2) is 6.61 Å². The molecule has 144 valence electrons. The average Bonchev–Trinajstić information content (AvgIpc) is 3.07. The molecule has 9 heteroatoms. The Morgan fingerprint density at radius 2 is 2.12 bits per heavy atom. The summed E-state index contributed by atoms with van der Waals surface area (Å²) >= 11 is 0. The molecule has 1 saturated heterocycles. The van der Waals surface area contributed by atoms with Gasteiger partial charge >= 0.3 is 5.97 Å². The first-order chi connectivity index (χ1) is 12.3. The summed E-state index contributed by atoms with van der Waals surface area (Å²) in [7, 11) is -3.47. The van der Waals surface area contributed by atoms with Crippen molar-refractivity contribution in [3.8, 4) is 5.75 Å². The van der Waals surface area contributed by atoms with Gasteiger partial charge in [-0.3, -0.25) is 9.59 Å². The maximum Gasteiger partial charge on any atom is 0.324 e. The molecule has 1 aromatic carbocycles. The fourth-order valence-electron chi connectivity index (χ4n) is 2.72. The molecule has 0 bridgehead atoms. The Morgan fingerprint density at radius 1 is 1.35 bits per heavy atom. The van der Waals surface area contributed by atoms with E-state index in [1.54, 1.807) is 0 Å². The number of nitrogens with zero attached hydrogens (tertiary/aromatic N) is 1. The van der Waals surface area contributed by atoms with E-state index in [0.29, 0.717) is 25.1 Å². The first-order valence-corrected chi connectivity index (χ1v) is 10.2. The maximum atomic E-state index is 12.0. The van der Waals surface area contributed by atoms with Crippen molar-refractivity contribution in [1.29, 1.82) is 0 Å². The molecule has 1 atom stereocenters. The molecule has 0 aromatic heterocycles. The lowest BCUT2D eigenvalue weighted by Gasteiger charge is -2.20. The molecule has 1 heterocycles. The Kier molecular flexibility index (Phi) is 6.98. The second kappa shape index (κ2) is 9.00. The van der Waals surface area contributed by atoms with Crippen LogP contribution in [0.3, 0.4) is 0 Å². The molecule has 1 aromatic rings. The van der Waals surface area contributed by atoms with Crippen LogP contribution < -0.4 is 10.1 Å². The number of carbonyl (C=O) groups excluding carboxylic acids is 2. The Bertz CT molecular complexity index is 749. The third-order valence-electron chi connectivity index (χ3n) is 3.93. The summed E-state index contributed by atoms with van der Waals surface area (Å²) in [6.45, 7) is 2.35. The summed E-state index contributed by atoms with van der Waals surface area (Å²) in [6, 6.07) is 6.70. The Morgan fingerprint density at radius 3 is 2.81 bits per heavy atom. The molecule has 26 heavy (non-hydrogen) atoms. The molecule has 1 fully saturated rings. The third-order valence-corrected chi connectivity index (χ3v) is 5.22. The maximum absolute atomic E-state index is 12.0. The van der Waals surface area contributed by atoms with Crippen molar-refractivity contribution in [2.45, 2.75) is 25.8 Å². The smallest absolute Gasteiger partial charge is 0.324 e. The van der Waals surface area contributed by atoms with Crippen molar-refractivity contribution in [3.63, 3.8) is 0 Å². The van der Waals surface area contributed by atoms with Gasteiger partial charge in [-0.15, -0.1) is 0 Å². The van der Waals surface area contributed by atoms with Gasteiger partial charge in [-0.2, -0.15) is 4.31 Å². The zero-order valence-electron chi connectivity index (χ0n) is 14.9. The molecule has 1 unspecified atom stereocenters. The number of hydrogen-bond acceptors (Lipinski definition) is 6. The third kappa shape index (κ3) is 5.99. The summed E-state index contributed by atoms with van der Waals surface area (Å²) in [6.07, 6.45) is 2.05. The van der Waals surface area contributed by atoms with Crippen LogP contribution in [0.5, 0.6) is 5.75 Å². The largest absolute Gasteiger partial charge is 0.492 e. The lowest BCUT2D eigenvalue weighted by Crippen LogP contribution is -2.42. The second-order valence-electron chi connectivity index (χ2n) is 6.15. The van der Waals surface area contributed by atoms with Gasteiger partial charge < -0.3 is 14.8 Å². The average molecular weight is 384 g/mol. The Hall–Kier alpha value is -2.13. The second-order valence-corrected chi connectivity index (χ2v) is 8.09. The van der Waals surface area contributed by atoms with Gasteiger partial charge in [0.05, 0.1) is 12.8 Å². The highest BCUT2D eigenvalue weighted by molar-refractivity contribution is 7.88. The van der Waals surface area contributed by atoms with E-state index < -0.39 is 34.5 Å². The number of amides is 1. The van der Waals surface area contributed by atoms with E-state index in [2.05, 4.69) is 5.32 Å². The predicted molar refractivity (Wildman–Crippen MR) is 95.2 cm³/mol. The van der Waals surface area contributed by atoms with Gasteiger partial charge in [-0.1, -0.05) is 12.1 Å². The minimum Gasteiger partial charge on any atom is -0.492 e. The first-order valence-electron chi connectivity index (χ1n) is 8.37. The van der Waals surface area contributed by atoms with Crippen LogP contribution in [0.15, 0.2) is 24.3 Å². The van der Waals surface area contributed by atoms with E-state index >= 15 is 0 Å². The normalized spacial score (nSPS) is 17.7. The van der Waals surface area contributed by atoms with Crippen molar-refractivity contribution in [2.24, 2.45) is 0 Å². The van der Waals surface area contributed by atoms with Crippen LogP contribution in [0.4, 0.5) is 0 Å². The summed E-state index contributed by atoms with van der Waals surface area (Å²) in [5, 5.41) is 2.58. The van der Waals surface area contributed by atoms with Crippen molar-refractivity contribution >= 4 is 21.9 Å². The van der Waals surface area contributed by atoms with Gasteiger partial charge in [-0.25, -0.2) is 8.42 Å². The number of esters is 1. The molecule has 0 spiro atoms. The molecular weight excluding hydrogens is 360 g/mol. The molecule has 0 saturated carbocycles. The van der Waals surface area contributed by atoms with E-state index in [0.717, 1.165) is 16.1 Å². The van der Waals surface area contributed by atoms with E-state index in [1.807, 2.05) is 31.2 Å². The van der Waals surface area contributed by atoms with E-state index in [9.17, 15) is 18.0 Å². The summed E-state index contributed by atoms with van der Waals surface area (Å²) in [5.41, 5.74) is 1.08. The fourth-order valence-corrected chi connectivity index (χ4v) is 3.84. The molecule has 2 rings (SSSR count). The van der Waals surface area contributed by atoms with E-state index in [1.165, 1.54) is 0 Å². The Labute approximate surface area is 153 Å². The van der Waals surface area contributed by atoms with Crippen LogP contribution >= 0.6 is 0 Å². The lowest BCUT2D eigenvalue weighted by molar-refractivity contribution is -0.151. The van der Waals surface area contributed by atoms with Crippen molar-refractivity contribution in [1.82, 2.24) is 9.62 Å². The highest BCUT2D eigenvalue weighted by atomic mass is 32.2. The first kappa shape index (κ1) is 20.2. The summed E-state index contributed by atoms with van der Waals surface area (Å²) < 4.78 is 34.8. The van der Waals surface area contributed by atoms with Crippen LogP contribution in [0.2, 0.25) is 0 Å². The number of nitrogens with one attached hydrogen (secondary N) is 1. The SMILES string of the molecule is Cc1cccc(OCCNC(=O)COC(=O)C2CCCN2S(C)(=O)=O)c1. The van der Waals surface area contributed by atoms with Crippen molar-refractivity contribution in [2.75, 3.05) is 32.6 Å². The van der Waals surface area contributed by atoms with Gasteiger partial charge in [-0.05, 0) is 37.5 Å². The molecule has 0 aliphatic carbocycles.